The van der Waals surface area contributed by atoms with Gasteiger partial charge in [0.15, 0.2) is 5.78 Å². The number of methoxy groups -OCH3 is 2. The number of carbonyl (C=O) groups excluding carboxylic acids is 1. The third-order valence-corrected chi connectivity index (χ3v) is 3.50. The molecular formula is C15H21BrO3. The van der Waals surface area contributed by atoms with Gasteiger partial charge in [0.25, 0.3) is 0 Å². The van der Waals surface area contributed by atoms with Crippen molar-refractivity contribution in [1.29, 1.82) is 0 Å². The van der Waals surface area contributed by atoms with E-state index < -0.39 is 0 Å². The summed E-state index contributed by atoms with van der Waals surface area (Å²) >= 11 is 3.39. The summed E-state index contributed by atoms with van der Waals surface area (Å²) in [5.74, 6) is 1.30. The Hall–Kier alpha value is -1.03. The molecule has 0 N–H and O–H groups in total. The lowest BCUT2D eigenvalue weighted by Crippen LogP contribution is -2.10. The minimum absolute atomic E-state index is 0.0811. The van der Waals surface area contributed by atoms with E-state index in [0.29, 0.717) is 23.5 Å². The summed E-state index contributed by atoms with van der Waals surface area (Å²) < 4.78 is 11.3. The monoisotopic (exact) mass is 328 g/mol. The summed E-state index contributed by atoms with van der Waals surface area (Å²) in [4.78, 5) is 12.3. The highest BCUT2D eigenvalue weighted by atomic mass is 79.9. The summed E-state index contributed by atoms with van der Waals surface area (Å²) in [5, 5.41) is 0. The van der Waals surface area contributed by atoms with Gasteiger partial charge in [-0.15, -0.1) is 0 Å². The number of ether oxygens (including phenoxy) is 2. The van der Waals surface area contributed by atoms with Gasteiger partial charge in [-0.2, -0.15) is 0 Å². The molecule has 0 unspecified atom stereocenters. The molecule has 1 aromatic rings. The highest BCUT2D eigenvalue weighted by molar-refractivity contribution is 9.10. The van der Waals surface area contributed by atoms with Crippen molar-refractivity contribution in [3.63, 3.8) is 0 Å². The molecule has 0 fully saturated rings. The van der Waals surface area contributed by atoms with Crippen molar-refractivity contribution in [2.24, 2.45) is 5.41 Å². The SMILES string of the molecule is COc1cc(C(=O)CCC(C)(C)C)c(OC)cc1Br. The molecule has 0 amide bonds. The van der Waals surface area contributed by atoms with Gasteiger partial charge in [0.2, 0.25) is 0 Å². The first kappa shape index (κ1) is 16.0. The molecule has 0 saturated carbocycles. The minimum Gasteiger partial charge on any atom is -0.496 e. The zero-order chi connectivity index (χ0) is 14.6. The largest absolute Gasteiger partial charge is 0.496 e. The van der Waals surface area contributed by atoms with E-state index in [4.69, 9.17) is 9.47 Å². The molecule has 0 aliphatic heterocycles. The van der Waals surface area contributed by atoms with E-state index in [1.807, 2.05) is 0 Å². The van der Waals surface area contributed by atoms with E-state index in [-0.39, 0.29) is 11.2 Å². The van der Waals surface area contributed by atoms with Gasteiger partial charge in [-0.25, -0.2) is 0 Å². The van der Waals surface area contributed by atoms with E-state index in [1.54, 1.807) is 26.4 Å². The van der Waals surface area contributed by atoms with Crippen LogP contribution in [-0.2, 0) is 0 Å². The Labute approximate surface area is 123 Å². The van der Waals surface area contributed by atoms with E-state index in [1.165, 1.54) is 0 Å². The molecule has 0 spiro atoms. The number of Topliss-reactive ketones (excluding diaryl/α,β-unsaturated/α-hetero) is 1. The molecule has 3 nitrogen and oxygen atoms in total. The lowest BCUT2D eigenvalue weighted by Gasteiger charge is -2.18. The minimum atomic E-state index is 0.0811. The second kappa shape index (κ2) is 6.42. The second-order valence-electron chi connectivity index (χ2n) is 5.67. The number of carbonyl (C=O) groups is 1. The summed E-state index contributed by atoms with van der Waals surface area (Å²) in [6.45, 7) is 6.37. The Morgan fingerprint density at radius 3 is 2.21 bits per heavy atom. The maximum atomic E-state index is 12.3. The van der Waals surface area contributed by atoms with Crippen LogP contribution in [0.5, 0.6) is 11.5 Å². The number of hydrogen-bond donors (Lipinski definition) is 0. The molecule has 4 heteroatoms. The van der Waals surface area contributed by atoms with Crippen LogP contribution in [0.3, 0.4) is 0 Å². The van der Waals surface area contributed by atoms with E-state index in [2.05, 4.69) is 36.7 Å². The third-order valence-electron chi connectivity index (χ3n) is 2.88. The van der Waals surface area contributed by atoms with E-state index in [9.17, 15) is 4.79 Å². The fraction of sp³-hybridized carbons (Fsp3) is 0.533. The molecule has 0 aliphatic rings. The van der Waals surface area contributed by atoms with Gasteiger partial charge in [0.1, 0.15) is 11.5 Å². The molecule has 1 rings (SSSR count). The number of rotatable bonds is 5. The van der Waals surface area contributed by atoms with Crippen molar-refractivity contribution < 1.29 is 14.3 Å². The Balaban J connectivity index is 3.01. The number of benzene rings is 1. The van der Waals surface area contributed by atoms with Crippen LogP contribution >= 0.6 is 15.9 Å². The van der Waals surface area contributed by atoms with Crippen LogP contribution < -0.4 is 9.47 Å². The molecule has 19 heavy (non-hydrogen) atoms. The van der Waals surface area contributed by atoms with Crippen molar-refractivity contribution in [3.8, 4) is 11.5 Å². The van der Waals surface area contributed by atoms with Crippen LogP contribution in [0.15, 0.2) is 16.6 Å². The van der Waals surface area contributed by atoms with Crippen molar-refractivity contribution in [3.05, 3.63) is 22.2 Å². The lowest BCUT2D eigenvalue weighted by molar-refractivity contribution is 0.0962. The Bertz CT molecular complexity index is 461. The predicted molar refractivity (Wildman–Crippen MR) is 80.3 cm³/mol. The molecule has 0 saturated heterocycles. The third kappa shape index (κ3) is 4.53. The fourth-order valence-electron chi connectivity index (χ4n) is 1.70. The first-order valence-electron chi connectivity index (χ1n) is 6.23. The normalized spacial score (nSPS) is 11.3. The van der Waals surface area contributed by atoms with Gasteiger partial charge in [-0.05, 0) is 39.9 Å². The zero-order valence-electron chi connectivity index (χ0n) is 12.2. The van der Waals surface area contributed by atoms with Crippen LogP contribution in [0.25, 0.3) is 0 Å². The summed E-state index contributed by atoms with van der Waals surface area (Å²) in [6, 6.07) is 3.50. The average Bonchev–Trinajstić information content (AvgIpc) is 2.34. The predicted octanol–water partition coefficient (Wildman–Crippen LogP) is 4.48. The lowest BCUT2D eigenvalue weighted by atomic mass is 9.88. The van der Waals surface area contributed by atoms with Crippen LogP contribution in [0.1, 0.15) is 44.0 Å². The molecule has 0 radical (unpaired) electrons. The Morgan fingerprint density at radius 1 is 1.16 bits per heavy atom. The van der Waals surface area contributed by atoms with E-state index >= 15 is 0 Å². The van der Waals surface area contributed by atoms with Crippen LogP contribution in [0.4, 0.5) is 0 Å². The molecular weight excluding hydrogens is 308 g/mol. The van der Waals surface area contributed by atoms with Crippen molar-refractivity contribution >= 4 is 21.7 Å². The summed E-state index contributed by atoms with van der Waals surface area (Å²) in [6.07, 6.45) is 1.35. The van der Waals surface area contributed by atoms with Gasteiger partial charge in [-0.1, -0.05) is 20.8 Å². The van der Waals surface area contributed by atoms with Crippen molar-refractivity contribution in [2.45, 2.75) is 33.6 Å². The van der Waals surface area contributed by atoms with Crippen molar-refractivity contribution in [1.82, 2.24) is 0 Å². The first-order valence-corrected chi connectivity index (χ1v) is 7.02. The molecule has 0 bridgehead atoms. The fourth-order valence-corrected chi connectivity index (χ4v) is 2.19. The first-order chi connectivity index (χ1) is 8.78. The average molecular weight is 329 g/mol. The Kier molecular flexibility index (Phi) is 5.41. The molecule has 0 aromatic heterocycles. The highest BCUT2D eigenvalue weighted by Gasteiger charge is 2.19. The maximum Gasteiger partial charge on any atom is 0.166 e. The Morgan fingerprint density at radius 2 is 1.74 bits per heavy atom. The van der Waals surface area contributed by atoms with Gasteiger partial charge < -0.3 is 9.47 Å². The number of ketones is 1. The highest BCUT2D eigenvalue weighted by Crippen LogP contribution is 2.34. The van der Waals surface area contributed by atoms with Crippen molar-refractivity contribution in [2.75, 3.05) is 14.2 Å². The van der Waals surface area contributed by atoms with Crippen LogP contribution in [0, 0.1) is 5.41 Å². The molecule has 1 aromatic carbocycles. The molecule has 106 valence electrons. The quantitative estimate of drug-likeness (QED) is 0.748. The summed E-state index contributed by atoms with van der Waals surface area (Å²) in [7, 11) is 3.14. The maximum absolute atomic E-state index is 12.3. The topological polar surface area (TPSA) is 35.5 Å². The molecule has 0 heterocycles. The zero-order valence-corrected chi connectivity index (χ0v) is 13.8. The van der Waals surface area contributed by atoms with Crippen LogP contribution in [0.2, 0.25) is 0 Å². The molecule has 0 aliphatic carbocycles. The van der Waals surface area contributed by atoms with Crippen LogP contribution in [-0.4, -0.2) is 20.0 Å². The van der Waals surface area contributed by atoms with Gasteiger partial charge >= 0.3 is 0 Å². The number of halogens is 1. The summed E-state index contributed by atoms with van der Waals surface area (Å²) in [5.41, 5.74) is 0.717. The van der Waals surface area contributed by atoms with E-state index in [0.717, 1.165) is 10.9 Å². The van der Waals surface area contributed by atoms with Gasteiger partial charge in [0, 0.05) is 6.42 Å². The smallest absolute Gasteiger partial charge is 0.166 e. The van der Waals surface area contributed by atoms with Gasteiger partial charge in [-0.3, -0.25) is 4.79 Å². The van der Waals surface area contributed by atoms with Gasteiger partial charge in [0.05, 0.1) is 24.3 Å². The second-order valence-corrected chi connectivity index (χ2v) is 6.53. The standard InChI is InChI=1S/C15H21BrO3/c1-15(2,3)7-6-12(17)10-8-14(19-5)11(16)9-13(10)18-4/h8-9H,6-7H2,1-5H3. The number of hydrogen-bond acceptors (Lipinski definition) is 3. The molecule has 0 atom stereocenters.